The number of unbranched alkanes of at least 4 members (excludes halogenated alkanes) is 1. The van der Waals surface area contributed by atoms with E-state index in [0.29, 0.717) is 25.7 Å². The van der Waals surface area contributed by atoms with Crippen LogP contribution in [0.3, 0.4) is 0 Å². The van der Waals surface area contributed by atoms with E-state index in [1.807, 2.05) is 6.07 Å². The predicted molar refractivity (Wildman–Crippen MR) is 89.5 cm³/mol. The highest BCUT2D eigenvalue weighted by atomic mass is 127. The van der Waals surface area contributed by atoms with Crippen LogP contribution in [0.25, 0.3) is 0 Å². The van der Waals surface area contributed by atoms with Crippen molar-refractivity contribution >= 4 is 34.4 Å². The highest BCUT2D eigenvalue weighted by Crippen LogP contribution is 2.25. The zero-order valence-electron chi connectivity index (χ0n) is 12.3. The number of carbonyl (C=O) groups excluding carboxylic acids is 1. The minimum absolute atomic E-state index is 0.290. The number of hydrogen-bond acceptors (Lipinski definition) is 4. The van der Waals surface area contributed by atoms with Gasteiger partial charge in [-0.3, -0.25) is 9.88 Å². The smallest absolute Gasteiger partial charge is 0.414 e. The summed E-state index contributed by atoms with van der Waals surface area (Å²) in [6.07, 6.45) is 6.03. The average Bonchev–Trinajstić information content (AvgIpc) is 2.99. The van der Waals surface area contributed by atoms with E-state index in [1.54, 1.807) is 17.3 Å². The fourth-order valence-electron chi connectivity index (χ4n) is 2.21. The van der Waals surface area contributed by atoms with Gasteiger partial charge in [0.2, 0.25) is 0 Å². The number of aromatic nitrogens is 1. The first-order valence-electron chi connectivity index (χ1n) is 7.34. The minimum atomic E-state index is -0.290. The van der Waals surface area contributed by atoms with Gasteiger partial charge >= 0.3 is 6.09 Å². The van der Waals surface area contributed by atoms with Crippen molar-refractivity contribution in [2.75, 3.05) is 31.3 Å². The number of carbonyl (C=O) groups is 1. The molecule has 116 valence electrons. The topological polar surface area (TPSA) is 51.7 Å². The average molecular weight is 404 g/mol. The molecule has 1 saturated heterocycles. The van der Waals surface area contributed by atoms with Crippen LogP contribution in [0.4, 0.5) is 10.5 Å². The highest BCUT2D eigenvalue weighted by molar-refractivity contribution is 14.1. The largest absolute Gasteiger partial charge is 0.449 e. The Kier molecular flexibility index (Phi) is 6.69. The number of hydrogen-bond donors (Lipinski definition) is 0. The summed E-state index contributed by atoms with van der Waals surface area (Å²) in [6, 6.07) is 1.90. The number of amides is 1. The summed E-state index contributed by atoms with van der Waals surface area (Å²) in [4.78, 5) is 18.2. The second kappa shape index (κ2) is 8.53. The SMILES string of the molecule is CCCCOC(=O)N(CC1CCOC1)c1cnccc1I. The second-order valence-corrected chi connectivity index (χ2v) is 6.30. The van der Waals surface area contributed by atoms with Crippen LogP contribution in [-0.4, -0.2) is 37.4 Å². The molecule has 1 atom stereocenters. The third kappa shape index (κ3) is 4.81. The van der Waals surface area contributed by atoms with Crippen LogP contribution in [0.1, 0.15) is 26.2 Å². The van der Waals surface area contributed by atoms with E-state index in [9.17, 15) is 4.79 Å². The van der Waals surface area contributed by atoms with Gasteiger partial charge in [0.1, 0.15) is 0 Å². The van der Waals surface area contributed by atoms with Gasteiger partial charge in [-0.15, -0.1) is 0 Å². The number of nitrogens with zero attached hydrogens (tertiary/aromatic N) is 2. The number of anilines is 1. The molecule has 5 nitrogen and oxygen atoms in total. The molecule has 1 fully saturated rings. The standard InChI is InChI=1S/C15H21IN2O3/c1-2-3-7-21-15(19)18(10-12-5-8-20-11-12)14-9-17-6-4-13(14)16/h4,6,9,12H,2-3,5,7-8,10-11H2,1H3. The Hall–Kier alpha value is -0.890. The molecule has 1 amide bonds. The van der Waals surface area contributed by atoms with Gasteiger partial charge in [0.05, 0.1) is 25.1 Å². The normalized spacial score (nSPS) is 17.7. The molecular formula is C15H21IN2O3. The lowest BCUT2D eigenvalue weighted by Gasteiger charge is -2.25. The van der Waals surface area contributed by atoms with Gasteiger partial charge in [0, 0.05) is 28.8 Å². The molecule has 1 aromatic heterocycles. The Morgan fingerprint density at radius 2 is 2.48 bits per heavy atom. The van der Waals surface area contributed by atoms with Crippen molar-refractivity contribution < 1.29 is 14.3 Å². The third-order valence-corrected chi connectivity index (χ3v) is 4.36. The van der Waals surface area contributed by atoms with E-state index < -0.39 is 0 Å². The maximum atomic E-state index is 12.4. The van der Waals surface area contributed by atoms with Crippen LogP contribution in [0.15, 0.2) is 18.5 Å². The molecule has 1 aliphatic rings. The zero-order valence-corrected chi connectivity index (χ0v) is 14.4. The van der Waals surface area contributed by atoms with Gasteiger partial charge in [-0.2, -0.15) is 0 Å². The quantitative estimate of drug-likeness (QED) is 0.538. The monoisotopic (exact) mass is 404 g/mol. The Morgan fingerprint density at radius 1 is 1.62 bits per heavy atom. The summed E-state index contributed by atoms with van der Waals surface area (Å²) in [7, 11) is 0. The Balaban J connectivity index is 2.09. The van der Waals surface area contributed by atoms with Crippen molar-refractivity contribution in [1.82, 2.24) is 4.98 Å². The molecule has 0 bridgehead atoms. The maximum absolute atomic E-state index is 12.4. The van der Waals surface area contributed by atoms with Gasteiger partial charge in [-0.1, -0.05) is 13.3 Å². The molecule has 0 radical (unpaired) electrons. The lowest BCUT2D eigenvalue weighted by Crippen LogP contribution is -2.37. The number of halogens is 1. The van der Waals surface area contributed by atoms with Crippen molar-refractivity contribution in [1.29, 1.82) is 0 Å². The van der Waals surface area contributed by atoms with Crippen LogP contribution in [0, 0.1) is 9.49 Å². The lowest BCUT2D eigenvalue weighted by atomic mass is 10.1. The van der Waals surface area contributed by atoms with E-state index in [1.165, 1.54) is 0 Å². The first-order valence-corrected chi connectivity index (χ1v) is 8.41. The molecule has 0 saturated carbocycles. The second-order valence-electron chi connectivity index (χ2n) is 5.14. The molecule has 21 heavy (non-hydrogen) atoms. The fourth-order valence-corrected chi connectivity index (χ4v) is 2.80. The molecule has 1 aliphatic heterocycles. The van der Waals surface area contributed by atoms with Gasteiger partial charge < -0.3 is 9.47 Å². The van der Waals surface area contributed by atoms with Crippen LogP contribution < -0.4 is 4.90 Å². The van der Waals surface area contributed by atoms with Crippen molar-refractivity contribution in [2.45, 2.75) is 26.2 Å². The predicted octanol–water partition coefficient (Wildman–Crippen LogP) is 3.47. The summed E-state index contributed by atoms with van der Waals surface area (Å²) < 4.78 is 11.8. The van der Waals surface area contributed by atoms with Crippen molar-refractivity contribution in [3.63, 3.8) is 0 Å². The Bertz CT molecular complexity index is 464. The summed E-state index contributed by atoms with van der Waals surface area (Å²) in [5, 5.41) is 0. The van der Waals surface area contributed by atoms with Crippen molar-refractivity contribution in [3.05, 3.63) is 22.0 Å². The Labute approximate surface area is 139 Å². The molecule has 0 spiro atoms. The number of rotatable bonds is 6. The van der Waals surface area contributed by atoms with Crippen LogP contribution in [-0.2, 0) is 9.47 Å². The summed E-state index contributed by atoms with van der Waals surface area (Å²) in [6.45, 7) is 4.63. The molecule has 1 aromatic rings. The van der Waals surface area contributed by atoms with E-state index in [-0.39, 0.29) is 6.09 Å². The van der Waals surface area contributed by atoms with Crippen LogP contribution in [0.2, 0.25) is 0 Å². The third-order valence-electron chi connectivity index (χ3n) is 3.45. The van der Waals surface area contributed by atoms with Crippen molar-refractivity contribution in [2.24, 2.45) is 5.92 Å². The van der Waals surface area contributed by atoms with Gasteiger partial charge in [0.15, 0.2) is 0 Å². The lowest BCUT2D eigenvalue weighted by molar-refractivity contribution is 0.149. The maximum Gasteiger partial charge on any atom is 0.414 e. The zero-order chi connectivity index (χ0) is 15.1. The first-order chi connectivity index (χ1) is 10.2. The van der Waals surface area contributed by atoms with Gasteiger partial charge in [-0.25, -0.2) is 4.79 Å². The van der Waals surface area contributed by atoms with Gasteiger partial charge in [0.25, 0.3) is 0 Å². The van der Waals surface area contributed by atoms with Crippen LogP contribution >= 0.6 is 22.6 Å². The van der Waals surface area contributed by atoms with E-state index in [4.69, 9.17) is 9.47 Å². The fraction of sp³-hybridized carbons (Fsp3) is 0.600. The first kappa shape index (κ1) is 16.5. The van der Waals surface area contributed by atoms with E-state index in [0.717, 1.165) is 35.1 Å². The molecule has 0 aromatic carbocycles. The van der Waals surface area contributed by atoms with E-state index in [2.05, 4.69) is 34.5 Å². The molecular weight excluding hydrogens is 383 g/mol. The number of ether oxygens (including phenoxy) is 2. The van der Waals surface area contributed by atoms with Gasteiger partial charge in [-0.05, 0) is 41.5 Å². The molecule has 6 heteroatoms. The molecule has 0 N–H and O–H groups in total. The molecule has 0 aliphatic carbocycles. The summed E-state index contributed by atoms with van der Waals surface area (Å²) in [5.41, 5.74) is 0.812. The molecule has 1 unspecified atom stereocenters. The summed E-state index contributed by atoms with van der Waals surface area (Å²) >= 11 is 2.22. The Morgan fingerprint density at radius 3 is 3.14 bits per heavy atom. The molecule has 2 rings (SSSR count). The van der Waals surface area contributed by atoms with Crippen LogP contribution in [0.5, 0.6) is 0 Å². The number of pyridine rings is 1. The highest BCUT2D eigenvalue weighted by Gasteiger charge is 2.26. The van der Waals surface area contributed by atoms with E-state index >= 15 is 0 Å². The van der Waals surface area contributed by atoms with Crippen molar-refractivity contribution in [3.8, 4) is 0 Å². The summed E-state index contributed by atoms with van der Waals surface area (Å²) in [5.74, 6) is 0.361. The molecule has 2 heterocycles. The minimum Gasteiger partial charge on any atom is -0.449 e.